The number of esters is 2. The summed E-state index contributed by atoms with van der Waals surface area (Å²) in [4.78, 5) is 24.0. The average Bonchev–Trinajstić information content (AvgIpc) is 2.45. The van der Waals surface area contributed by atoms with E-state index in [0.29, 0.717) is 5.92 Å². The van der Waals surface area contributed by atoms with Crippen molar-refractivity contribution in [3.8, 4) is 0 Å². The zero-order chi connectivity index (χ0) is 15.5. The first-order valence-corrected chi connectivity index (χ1v) is 8.01. The van der Waals surface area contributed by atoms with E-state index in [1.807, 2.05) is 6.92 Å². The number of hydrogen-bond donors (Lipinski definition) is 0. The summed E-state index contributed by atoms with van der Waals surface area (Å²) in [6.45, 7) is 4.03. The van der Waals surface area contributed by atoms with Gasteiger partial charge in [-0.1, -0.05) is 26.2 Å². The fraction of sp³-hybridized carbons (Fsp3) is 0.765. The quantitative estimate of drug-likeness (QED) is 0.746. The summed E-state index contributed by atoms with van der Waals surface area (Å²) in [6, 6.07) is 0. The van der Waals surface area contributed by atoms with E-state index in [1.54, 1.807) is 0 Å². The summed E-state index contributed by atoms with van der Waals surface area (Å²) < 4.78 is 10.6. The Labute approximate surface area is 126 Å². The molecule has 0 amide bonds. The molecule has 2 aliphatic rings. The lowest BCUT2D eigenvalue weighted by Crippen LogP contribution is -2.51. The number of rotatable bonds is 4. The van der Waals surface area contributed by atoms with Gasteiger partial charge in [0.1, 0.15) is 11.5 Å². The minimum Gasteiger partial charge on any atom is -0.468 e. The van der Waals surface area contributed by atoms with Crippen LogP contribution in [0.5, 0.6) is 0 Å². The van der Waals surface area contributed by atoms with Crippen LogP contribution in [0, 0.1) is 11.8 Å². The maximum Gasteiger partial charge on any atom is 0.331 e. The van der Waals surface area contributed by atoms with Crippen molar-refractivity contribution in [1.82, 2.24) is 0 Å². The Bertz CT molecular complexity index is 430. The molecule has 1 saturated carbocycles. The van der Waals surface area contributed by atoms with Crippen molar-refractivity contribution in [3.05, 3.63) is 11.6 Å². The molecule has 21 heavy (non-hydrogen) atoms. The minimum absolute atomic E-state index is 0.289. The van der Waals surface area contributed by atoms with Gasteiger partial charge in [0.2, 0.25) is 0 Å². The van der Waals surface area contributed by atoms with Crippen LogP contribution in [0.1, 0.15) is 58.8 Å². The molecule has 0 aromatic rings. The summed E-state index contributed by atoms with van der Waals surface area (Å²) in [5, 5.41) is 0. The van der Waals surface area contributed by atoms with Gasteiger partial charge in [-0.25, -0.2) is 4.79 Å². The first-order valence-electron chi connectivity index (χ1n) is 8.01. The van der Waals surface area contributed by atoms with Gasteiger partial charge in [0, 0.05) is 6.08 Å². The van der Waals surface area contributed by atoms with Gasteiger partial charge < -0.3 is 9.47 Å². The molecule has 0 saturated heterocycles. The third-order valence-electron chi connectivity index (χ3n) is 4.99. The lowest BCUT2D eigenvalue weighted by atomic mass is 9.68. The van der Waals surface area contributed by atoms with Crippen LogP contribution in [-0.4, -0.2) is 24.6 Å². The molecule has 118 valence electrons. The summed E-state index contributed by atoms with van der Waals surface area (Å²) in [7, 11) is 1.40. The molecule has 0 radical (unpaired) electrons. The highest BCUT2D eigenvalue weighted by molar-refractivity contribution is 5.89. The Morgan fingerprint density at radius 3 is 2.67 bits per heavy atom. The van der Waals surface area contributed by atoms with Gasteiger partial charge in [0.05, 0.1) is 7.11 Å². The first-order chi connectivity index (χ1) is 10.0. The minimum atomic E-state index is -0.675. The van der Waals surface area contributed by atoms with Gasteiger partial charge in [-0.2, -0.15) is 0 Å². The molecule has 4 nitrogen and oxygen atoms in total. The van der Waals surface area contributed by atoms with Crippen molar-refractivity contribution < 1.29 is 19.1 Å². The highest BCUT2D eigenvalue weighted by atomic mass is 16.6. The number of hydrogen-bond acceptors (Lipinski definition) is 4. The fourth-order valence-electron chi connectivity index (χ4n) is 3.83. The normalized spacial score (nSPS) is 32.5. The van der Waals surface area contributed by atoms with E-state index in [2.05, 4.69) is 6.92 Å². The number of unbranched alkanes of at least 4 members (excludes halogenated alkanes) is 1. The molecule has 1 aliphatic carbocycles. The molecule has 4 heteroatoms. The predicted octanol–water partition coefficient (Wildman–Crippen LogP) is 3.40. The average molecular weight is 294 g/mol. The van der Waals surface area contributed by atoms with Gasteiger partial charge in [-0.05, 0) is 44.1 Å². The lowest BCUT2D eigenvalue weighted by molar-refractivity contribution is -0.177. The summed E-state index contributed by atoms with van der Waals surface area (Å²) in [5.74, 6) is -0.353. The maximum absolute atomic E-state index is 12.2. The van der Waals surface area contributed by atoms with Crippen LogP contribution >= 0.6 is 0 Å². The van der Waals surface area contributed by atoms with Gasteiger partial charge in [-0.3, -0.25) is 4.79 Å². The van der Waals surface area contributed by atoms with E-state index in [-0.39, 0.29) is 11.9 Å². The molecule has 1 atom stereocenters. The number of carbonyl (C=O) groups is 2. The van der Waals surface area contributed by atoms with Crippen molar-refractivity contribution in [3.63, 3.8) is 0 Å². The molecule has 1 spiro atoms. The van der Waals surface area contributed by atoms with Crippen LogP contribution in [0.25, 0.3) is 0 Å². The molecular weight excluding hydrogens is 268 g/mol. The molecule has 0 aromatic heterocycles. The largest absolute Gasteiger partial charge is 0.468 e. The van der Waals surface area contributed by atoms with E-state index in [0.717, 1.165) is 31.3 Å². The zero-order valence-corrected chi connectivity index (χ0v) is 13.3. The van der Waals surface area contributed by atoms with Crippen molar-refractivity contribution in [1.29, 1.82) is 0 Å². The summed E-state index contributed by atoms with van der Waals surface area (Å²) in [5.41, 5.74) is 0.0937. The monoisotopic (exact) mass is 294 g/mol. The van der Waals surface area contributed by atoms with Crippen LogP contribution in [0.3, 0.4) is 0 Å². The first kappa shape index (κ1) is 16.1. The van der Waals surface area contributed by atoms with E-state index in [4.69, 9.17) is 9.47 Å². The molecule has 0 bridgehead atoms. The van der Waals surface area contributed by atoms with Crippen LogP contribution in [0.2, 0.25) is 0 Å². The van der Waals surface area contributed by atoms with Crippen molar-refractivity contribution in [2.24, 2.45) is 11.8 Å². The third-order valence-corrected chi connectivity index (χ3v) is 4.99. The number of ether oxygens (including phenoxy) is 2. The van der Waals surface area contributed by atoms with Crippen LogP contribution in [0.15, 0.2) is 11.6 Å². The molecule has 1 fully saturated rings. The van der Waals surface area contributed by atoms with Crippen molar-refractivity contribution >= 4 is 11.9 Å². The highest BCUT2D eigenvalue weighted by Crippen LogP contribution is 2.46. The summed E-state index contributed by atoms with van der Waals surface area (Å²) >= 11 is 0. The van der Waals surface area contributed by atoms with Gasteiger partial charge in [0.25, 0.3) is 0 Å². The second-order valence-electron chi connectivity index (χ2n) is 6.42. The third kappa shape index (κ3) is 3.30. The molecule has 1 aliphatic heterocycles. The Balaban J connectivity index is 2.14. The predicted molar refractivity (Wildman–Crippen MR) is 79.6 cm³/mol. The second-order valence-corrected chi connectivity index (χ2v) is 6.42. The van der Waals surface area contributed by atoms with Crippen LogP contribution < -0.4 is 0 Å². The van der Waals surface area contributed by atoms with E-state index in [9.17, 15) is 9.59 Å². The molecule has 0 N–H and O–H groups in total. The van der Waals surface area contributed by atoms with E-state index < -0.39 is 11.5 Å². The van der Waals surface area contributed by atoms with Crippen LogP contribution in [0.4, 0.5) is 0 Å². The second kappa shape index (κ2) is 6.63. The van der Waals surface area contributed by atoms with E-state index in [1.165, 1.54) is 32.4 Å². The van der Waals surface area contributed by atoms with Crippen molar-refractivity contribution in [2.75, 3.05) is 7.11 Å². The topological polar surface area (TPSA) is 52.6 Å². The number of methoxy groups -OCH3 is 1. The number of carbonyl (C=O) groups excluding carboxylic acids is 2. The van der Waals surface area contributed by atoms with Gasteiger partial charge in [0.15, 0.2) is 0 Å². The molecule has 1 heterocycles. The standard InChI is InChI=1S/C17H26O4/c1-4-5-6-13-7-9-17(10-8-13)15(16(19)20-3)12(2)11-14(18)21-17/h11,13,15H,4-10H2,1-3H3. The smallest absolute Gasteiger partial charge is 0.331 e. The Morgan fingerprint density at radius 1 is 1.43 bits per heavy atom. The Morgan fingerprint density at radius 2 is 2.10 bits per heavy atom. The molecule has 1 unspecified atom stereocenters. The van der Waals surface area contributed by atoms with Gasteiger partial charge in [-0.15, -0.1) is 0 Å². The molecule has 0 aromatic carbocycles. The molecular formula is C17H26O4. The fourth-order valence-corrected chi connectivity index (χ4v) is 3.83. The van der Waals surface area contributed by atoms with E-state index >= 15 is 0 Å². The van der Waals surface area contributed by atoms with Crippen molar-refractivity contribution in [2.45, 2.75) is 64.4 Å². The maximum atomic E-state index is 12.2. The van der Waals surface area contributed by atoms with Gasteiger partial charge >= 0.3 is 11.9 Å². The Kier molecular flexibility index (Phi) is 5.07. The van der Waals surface area contributed by atoms with Crippen LogP contribution in [-0.2, 0) is 19.1 Å². The Hall–Kier alpha value is -1.32. The zero-order valence-electron chi connectivity index (χ0n) is 13.3. The lowest BCUT2D eigenvalue weighted by Gasteiger charge is -2.45. The highest BCUT2D eigenvalue weighted by Gasteiger charge is 2.51. The SMILES string of the molecule is CCCCC1CCC2(CC1)OC(=O)C=C(C)C2C(=O)OC. The molecule has 2 rings (SSSR count). The summed E-state index contributed by atoms with van der Waals surface area (Å²) in [6.07, 6.45) is 8.69.